The Morgan fingerprint density at radius 1 is 1.28 bits per heavy atom. The van der Waals surface area contributed by atoms with Crippen LogP contribution in [0.25, 0.3) is 0 Å². The van der Waals surface area contributed by atoms with Gasteiger partial charge in [-0.1, -0.05) is 38.0 Å². The predicted octanol–water partition coefficient (Wildman–Crippen LogP) is 3.04. The van der Waals surface area contributed by atoms with Crippen LogP contribution in [-0.2, 0) is 9.47 Å². The first kappa shape index (κ1) is 13.1. The van der Waals surface area contributed by atoms with Gasteiger partial charge in [0.15, 0.2) is 0 Å². The second-order valence-corrected chi connectivity index (χ2v) is 4.55. The lowest BCUT2D eigenvalue weighted by Crippen LogP contribution is -2.15. The standard InChI is InChI=1S/C15H21NO2/c1-2-3-7-10-17-11-14-12-18-15(16-14)13-8-5-4-6-9-13/h4-6,8-9,14H,2-3,7,10-12H2,1H3. The van der Waals surface area contributed by atoms with Crippen LogP contribution < -0.4 is 0 Å². The SMILES string of the molecule is CCCCCOCC1COC(c2ccccc2)=N1. The van der Waals surface area contributed by atoms with Crippen molar-refractivity contribution in [2.24, 2.45) is 4.99 Å². The monoisotopic (exact) mass is 247 g/mol. The van der Waals surface area contributed by atoms with Crippen molar-refractivity contribution >= 4 is 5.90 Å². The van der Waals surface area contributed by atoms with Gasteiger partial charge in [-0.25, -0.2) is 4.99 Å². The van der Waals surface area contributed by atoms with Crippen molar-refractivity contribution in [1.82, 2.24) is 0 Å². The van der Waals surface area contributed by atoms with Crippen LogP contribution in [0.4, 0.5) is 0 Å². The van der Waals surface area contributed by atoms with Crippen LogP contribution >= 0.6 is 0 Å². The van der Waals surface area contributed by atoms with Crippen LogP contribution in [0, 0.1) is 0 Å². The fraction of sp³-hybridized carbons (Fsp3) is 0.533. The molecular weight excluding hydrogens is 226 g/mol. The Bertz CT molecular complexity index is 375. The third-order valence-electron chi connectivity index (χ3n) is 2.94. The van der Waals surface area contributed by atoms with E-state index in [2.05, 4.69) is 11.9 Å². The molecule has 1 heterocycles. The molecule has 98 valence electrons. The quantitative estimate of drug-likeness (QED) is 0.693. The fourth-order valence-electron chi connectivity index (χ4n) is 1.91. The lowest BCUT2D eigenvalue weighted by molar-refractivity contribution is 0.109. The van der Waals surface area contributed by atoms with E-state index >= 15 is 0 Å². The Hall–Kier alpha value is -1.35. The highest BCUT2D eigenvalue weighted by atomic mass is 16.5. The molecule has 2 rings (SSSR count). The predicted molar refractivity (Wildman–Crippen MR) is 73.1 cm³/mol. The van der Waals surface area contributed by atoms with E-state index in [1.165, 1.54) is 12.8 Å². The molecular formula is C15H21NO2. The smallest absolute Gasteiger partial charge is 0.216 e. The summed E-state index contributed by atoms with van der Waals surface area (Å²) >= 11 is 0. The summed E-state index contributed by atoms with van der Waals surface area (Å²) in [4.78, 5) is 4.55. The van der Waals surface area contributed by atoms with Crippen LogP contribution in [0.3, 0.4) is 0 Å². The topological polar surface area (TPSA) is 30.8 Å². The van der Waals surface area contributed by atoms with E-state index in [9.17, 15) is 0 Å². The molecule has 1 atom stereocenters. The molecule has 0 spiro atoms. The average molecular weight is 247 g/mol. The van der Waals surface area contributed by atoms with E-state index in [-0.39, 0.29) is 6.04 Å². The minimum atomic E-state index is 0.154. The molecule has 1 aliphatic rings. The molecule has 3 heteroatoms. The van der Waals surface area contributed by atoms with E-state index in [4.69, 9.17) is 9.47 Å². The van der Waals surface area contributed by atoms with Crippen LogP contribution in [0.15, 0.2) is 35.3 Å². The minimum absolute atomic E-state index is 0.154. The number of nitrogens with zero attached hydrogens (tertiary/aromatic N) is 1. The lowest BCUT2D eigenvalue weighted by atomic mass is 10.2. The molecule has 1 aromatic carbocycles. The normalized spacial score (nSPS) is 18.5. The zero-order valence-electron chi connectivity index (χ0n) is 11.0. The van der Waals surface area contributed by atoms with Crippen LogP contribution in [0.5, 0.6) is 0 Å². The third kappa shape index (κ3) is 3.84. The lowest BCUT2D eigenvalue weighted by Gasteiger charge is -2.05. The molecule has 0 fully saturated rings. The highest BCUT2D eigenvalue weighted by molar-refractivity contribution is 5.95. The molecule has 0 amide bonds. The van der Waals surface area contributed by atoms with Gasteiger partial charge in [0.1, 0.15) is 12.6 Å². The third-order valence-corrected chi connectivity index (χ3v) is 2.94. The van der Waals surface area contributed by atoms with Gasteiger partial charge >= 0.3 is 0 Å². The maximum absolute atomic E-state index is 5.62. The number of benzene rings is 1. The van der Waals surface area contributed by atoms with E-state index < -0.39 is 0 Å². The summed E-state index contributed by atoms with van der Waals surface area (Å²) in [7, 11) is 0. The molecule has 0 aromatic heterocycles. The van der Waals surface area contributed by atoms with Gasteiger partial charge in [0.05, 0.1) is 6.61 Å². The minimum Gasteiger partial charge on any atom is -0.475 e. The summed E-state index contributed by atoms with van der Waals surface area (Å²) in [6.07, 6.45) is 3.60. The Morgan fingerprint density at radius 3 is 2.89 bits per heavy atom. The van der Waals surface area contributed by atoms with Gasteiger partial charge in [0.25, 0.3) is 0 Å². The van der Waals surface area contributed by atoms with Crippen molar-refractivity contribution in [2.45, 2.75) is 32.2 Å². The summed E-state index contributed by atoms with van der Waals surface area (Å²) in [5, 5.41) is 0. The van der Waals surface area contributed by atoms with Crippen LogP contribution in [0.2, 0.25) is 0 Å². The molecule has 0 aliphatic carbocycles. The maximum Gasteiger partial charge on any atom is 0.216 e. The number of rotatable bonds is 7. The Labute approximate surface area is 109 Å². The number of aliphatic imine (C=N–C) groups is 1. The van der Waals surface area contributed by atoms with E-state index in [1.807, 2.05) is 30.3 Å². The molecule has 0 radical (unpaired) electrons. The summed E-state index contributed by atoms with van der Waals surface area (Å²) < 4.78 is 11.2. The molecule has 0 saturated heterocycles. The molecule has 1 aliphatic heterocycles. The van der Waals surface area contributed by atoms with Gasteiger partial charge in [-0.3, -0.25) is 0 Å². The molecule has 18 heavy (non-hydrogen) atoms. The molecule has 0 saturated carbocycles. The van der Waals surface area contributed by atoms with Crippen molar-refractivity contribution in [3.05, 3.63) is 35.9 Å². The second kappa shape index (κ2) is 7.17. The Morgan fingerprint density at radius 2 is 2.11 bits per heavy atom. The Balaban J connectivity index is 1.75. The van der Waals surface area contributed by atoms with Crippen molar-refractivity contribution in [3.8, 4) is 0 Å². The average Bonchev–Trinajstić information content (AvgIpc) is 2.88. The van der Waals surface area contributed by atoms with Gasteiger partial charge in [0, 0.05) is 12.2 Å². The first-order valence-corrected chi connectivity index (χ1v) is 6.74. The van der Waals surface area contributed by atoms with Gasteiger partial charge in [-0.05, 0) is 18.6 Å². The first-order chi connectivity index (χ1) is 8.90. The van der Waals surface area contributed by atoms with Crippen molar-refractivity contribution in [1.29, 1.82) is 0 Å². The van der Waals surface area contributed by atoms with Gasteiger partial charge in [0.2, 0.25) is 5.90 Å². The van der Waals surface area contributed by atoms with Gasteiger partial charge < -0.3 is 9.47 Å². The second-order valence-electron chi connectivity index (χ2n) is 4.55. The zero-order chi connectivity index (χ0) is 12.6. The summed E-state index contributed by atoms with van der Waals surface area (Å²) in [6, 6.07) is 10.2. The first-order valence-electron chi connectivity index (χ1n) is 6.74. The highest BCUT2D eigenvalue weighted by Gasteiger charge is 2.19. The molecule has 0 N–H and O–H groups in total. The van der Waals surface area contributed by atoms with Crippen molar-refractivity contribution < 1.29 is 9.47 Å². The maximum atomic E-state index is 5.62. The van der Waals surface area contributed by atoms with Crippen molar-refractivity contribution in [3.63, 3.8) is 0 Å². The molecule has 0 bridgehead atoms. The number of unbranched alkanes of at least 4 members (excludes halogenated alkanes) is 2. The van der Waals surface area contributed by atoms with Crippen LogP contribution in [-0.4, -0.2) is 31.8 Å². The molecule has 3 nitrogen and oxygen atoms in total. The molecule has 1 unspecified atom stereocenters. The van der Waals surface area contributed by atoms with Crippen molar-refractivity contribution in [2.75, 3.05) is 19.8 Å². The largest absolute Gasteiger partial charge is 0.475 e. The highest BCUT2D eigenvalue weighted by Crippen LogP contribution is 2.12. The molecule has 1 aromatic rings. The van der Waals surface area contributed by atoms with Gasteiger partial charge in [-0.2, -0.15) is 0 Å². The summed E-state index contributed by atoms with van der Waals surface area (Å²) in [5.41, 5.74) is 1.05. The van der Waals surface area contributed by atoms with E-state index in [0.29, 0.717) is 13.2 Å². The number of hydrogen-bond acceptors (Lipinski definition) is 3. The number of hydrogen-bond donors (Lipinski definition) is 0. The van der Waals surface area contributed by atoms with Gasteiger partial charge in [-0.15, -0.1) is 0 Å². The Kier molecular flexibility index (Phi) is 5.21. The number of ether oxygens (including phenoxy) is 2. The van der Waals surface area contributed by atoms with E-state index in [0.717, 1.165) is 24.5 Å². The van der Waals surface area contributed by atoms with E-state index in [1.54, 1.807) is 0 Å². The summed E-state index contributed by atoms with van der Waals surface area (Å²) in [6.45, 7) is 4.33. The van der Waals surface area contributed by atoms with Crippen LogP contribution in [0.1, 0.15) is 31.7 Å². The fourth-order valence-corrected chi connectivity index (χ4v) is 1.91. The summed E-state index contributed by atoms with van der Waals surface area (Å²) in [5.74, 6) is 0.748. The zero-order valence-corrected chi connectivity index (χ0v) is 11.0.